The Hall–Kier alpha value is -3.45. The molecule has 3 aliphatic rings. The van der Waals surface area contributed by atoms with Gasteiger partial charge in [-0.15, -0.1) is 0 Å². The third-order valence-corrected chi connectivity index (χ3v) is 7.70. The first-order chi connectivity index (χ1) is 18.0. The van der Waals surface area contributed by atoms with Crippen molar-refractivity contribution in [2.45, 2.75) is 31.9 Å². The molecule has 194 valence electrons. The molecule has 0 N–H and O–H groups in total. The van der Waals surface area contributed by atoms with Crippen molar-refractivity contribution >= 4 is 11.8 Å². The summed E-state index contributed by atoms with van der Waals surface area (Å²) in [7, 11) is 0. The fourth-order valence-electron chi connectivity index (χ4n) is 5.66. The van der Waals surface area contributed by atoms with Crippen molar-refractivity contribution in [1.29, 1.82) is 0 Å². The summed E-state index contributed by atoms with van der Waals surface area (Å²) in [6.07, 6.45) is 2.16. The molecule has 1 atom stereocenters. The van der Waals surface area contributed by atoms with Gasteiger partial charge in [0.1, 0.15) is 23.9 Å². The van der Waals surface area contributed by atoms with Gasteiger partial charge in [0.15, 0.2) is 6.10 Å². The molecule has 5 nitrogen and oxygen atoms in total. The van der Waals surface area contributed by atoms with Gasteiger partial charge in [-0.25, -0.2) is 13.6 Å². The van der Waals surface area contributed by atoms with Crippen LogP contribution in [0.4, 0.5) is 19.3 Å². The molecule has 3 fully saturated rings. The van der Waals surface area contributed by atoms with Gasteiger partial charge in [0.05, 0.1) is 38.5 Å². The number of amides is 1. The third kappa shape index (κ3) is 6.10. The Balaban J connectivity index is 1.24. The number of para-hydroxylation sites is 2. The van der Waals surface area contributed by atoms with Crippen molar-refractivity contribution < 1.29 is 27.5 Å². The molecule has 3 heterocycles. The maximum Gasteiger partial charge on any atom is 0.415 e. The van der Waals surface area contributed by atoms with Crippen molar-refractivity contribution in [2.75, 3.05) is 37.7 Å². The minimum absolute atomic E-state index is 0.0915. The lowest BCUT2D eigenvalue weighted by molar-refractivity contribution is -0.946. The molecule has 6 rings (SSSR count). The van der Waals surface area contributed by atoms with Crippen molar-refractivity contribution in [2.24, 2.45) is 5.92 Å². The van der Waals surface area contributed by atoms with Crippen LogP contribution in [0.5, 0.6) is 5.75 Å². The number of fused-ring (bicyclic) bond motifs is 3. The number of hydrogen-bond donors (Lipinski definition) is 0. The van der Waals surface area contributed by atoms with Crippen LogP contribution in [0.15, 0.2) is 78.9 Å². The van der Waals surface area contributed by atoms with E-state index < -0.39 is 11.9 Å². The number of carbonyl (C=O) groups is 1. The lowest BCUT2D eigenvalue weighted by Gasteiger charge is -2.52. The zero-order valence-corrected chi connectivity index (χ0v) is 20.9. The highest BCUT2D eigenvalue weighted by Crippen LogP contribution is 2.36. The molecule has 3 saturated heterocycles. The summed E-state index contributed by atoms with van der Waals surface area (Å²) in [5.41, 5.74) is 0.845. The summed E-state index contributed by atoms with van der Waals surface area (Å²) >= 11 is 0. The fraction of sp³-hybridized carbons (Fsp3) is 0.367. The lowest BCUT2D eigenvalue weighted by Crippen LogP contribution is -2.65. The SMILES string of the molecule is O=C(O[C@H]1C[N+]2(CCCOc3ccccc3)CCC1CC2)N(Cc1ccc(F)cc1)c1ccccc1F. The van der Waals surface area contributed by atoms with Crippen molar-refractivity contribution in [3.05, 3.63) is 96.1 Å². The second-order valence-electron chi connectivity index (χ2n) is 10.1. The molecule has 0 saturated carbocycles. The van der Waals surface area contributed by atoms with Gasteiger partial charge < -0.3 is 14.0 Å². The largest absolute Gasteiger partial charge is 0.493 e. The van der Waals surface area contributed by atoms with E-state index in [1.165, 1.54) is 23.1 Å². The maximum absolute atomic E-state index is 14.7. The number of rotatable bonds is 9. The Morgan fingerprint density at radius 2 is 1.62 bits per heavy atom. The molecule has 1 amide bonds. The smallest absolute Gasteiger partial charge is 0.415 e. The molecule has 0 radical (unpaired) electrons. The number of ether oxygens (including phenoxy) is 2. The molecule has 0 spiro atoms. The summed E-state index contributed by atoms with van der Waals surface area (Å²) in [6.45, 7) is 4.64. The number of carbonyl (C=O) groups excluding carboxylic acids is 1. The number of halogens is 2. The van der Waals surface area contributed by atoms with Crippen LogP contribution in [0.2, 0.25) is 0 Å². The van der Waals surface area contributed by atoms with Crippen molar-refractivity contribution in [3.63, 3.8) is 0 Å². The predicted molar refractivity (Wildman–Crippen MR) is 138 cm³/mol. The first-order valence-electron chi connectivity index (χ1n) is 13.0. The molecule has 3 aliphatic heterocycles. The Morgan fingerprint density at radius 3 is 2.35 bits per heavy atom. The van der Waals surface area contributed by atoms with Crippen LogP contribution >= 0.6 is 0 Å². The van der Waals surface area contributed by atoms with E-state index in [1.54, 1.807) is 30.3 Å². The Kier molecular flexibility index (Phi) is 7.70. The summed E-state index contributed by atoms with van der Waals surface area (Å²) in [5.74, 6) is 0.329. The monoisotopic (exact) mass is 507 g/mol. The number of piperidine rings is 3. The first-order valence-corrected chi connectivity index (χ1v) is 13.0. The van der Waals surface area contributed by atoms with E-state index in [0.29, 0.717) is 18.1 Å². The van der Waals surface area contributed by atoms with Crippen LogP contribution in [-0.2, 0) is 11.3 Å². The number of benzene rings is 3. The molecule has 7 heteroatoms. The molecule has 0 unspecified atom stereocenters. The molecular weight excluding hydrogens is 474 g/mol. The van der Waals surface area contributed by atoms with Crippen LogP contribution in [0.3, 0.4) is 0 Å². The van der Waals surface area contributed by atoms with Gasteiger partial charge in [0.2, 0.25) is 0 Å². The highest BCUT2D eigenvalue weighted by Gasteiger charge is 2.47. The highest BCUT2D eigenvalue weighted by atomic mass is 19.1. The number of anilines is 1. The third-order valence-electron chi connectivity index (χ3n) is 7.70. The van der Waals surface area contributed by atoms with Gasteiger partial charge in [-0.3, -0.25) is 4.90 Å². The molecule has 0 aromatic heterocycles. The fourth-order valence-corrected chi connectivity index (χ4v) is 5.66. The second kappa shape index (κ2) is 11.3. The molecule has 2 bridgehead atoms. The van der Waals surface area contributed by atoms with Crippen LogP contribution in [-0.4, -0.2) is 49.5 Å². The second-order valence-corrected chi connectivity index (χ2v) is 10.1. The Morgan fingerprint density at radius 1 is 0.919 bits per heavy atom. The normalized spacial score (nSPS) is 22.4. The average Bonchev–Trinajstić information content (AvgIpc) is 2.92. The highest BCUT2D eigenvalue weighted by molar-refractivity contribution is 5.87. The van der Waals surface area contributed by atoms with Gasteiger partial charge in [-0.2, -0.15) is 0 Å². The predicted octanol–water partition coefficient (Wildman–Crippen LogP) is 6.19. The zero-order chi connectivity index (χ0) is 25.7. The molecule has 3 aromatic carbocycles. The van der Waals surface area contributed by atoms with E-state index in [2.05, 4.69) is 0 Å². The van der Waals surface area contributed by atoms with E-state index >= 15 is 0 Å². The zero-order valence-electron chi connectivity index (χ0n) is 20.9. The van der Waals surface area contributed by atoms with Crippen molar-refractivity contribution in [3.8, 4) is 5.75 Å². The average molecular weight is 508 g/mol. The molecule has 37 heavy (non-hydrogen) atoms. The summed E-state index contributed by atoms with van der Waals surface area (Å²) in [6, 6.07) is 21.9. The summed E-state index contributed by atoms with van der Waals surface area (Å²) in [4.78, 5) is 14.8. The number of nitrogens with zero attached hydrogens (tertiary/aromatic N) is 2. The number of quaternary nitrogens is 1. The van der Waals surface area contributed by atoms with Crippen LogP contribution in [0, 0.1) is 17.6 Å². The first kappa shape index (κ1) is 25.2. The van der Waals surface area contributed by atoms with Gasteiger partial charge >= 0.3 is 6.09 Å². The van der Waals surface area contributed by atoms with Gasteiger partial charge in [-0.05, 0) is 42.0 Å². The van der Waals surface area contributed by atoms with Crippen molar-refractivity contribution in [1.82, 2.24) is 0 Å². The quantitative estimate of drug-likeness (QED) is 0.256. The minimum Gasteiger partial charge on any atom is -0.493 e. The van der Waals surface area contributed by atoms with Gasteiger partial charge in [0.25, 0.3) is 0 Å². The topological polar surface area (TPSA) is 38.8 Å². The van der Waals surface area contributed by atoms with Crippen LogP contribution < -0.4 is 9.64 Å². The lowest BCUT2D eigenvalue weighted by atomic mass is 9.83. The van der Waals surface area contributed by atoms with E-state index in [1.807, 2.05) is 30.3 Å². The molecular formula is C30H33F2N2O3+. The Bertz CT molecular complexity index is 1180. The Labute approximate surface area is 216 Å². The standard InChI is InChI=1S/C30H33F2N2O3/c31-25-13-11-23(12-14-25)21-33(28-10-5-4-9-27(28)32)30(35)37-29-22-34(18-15-24(29)16-19-34)17-6-20-36-26-7-2-1-3-8-26/h1-5,7-14,24,29H,6,15-22H2/q+1/t24?,29-,34?/m0/s1. The van der Waals surface area contributed by atoms with Gasteiger partial charge in [0, 0.05) is 25.2 Å². The van der Waals surface area contributed by atoms with E-state index in [0.717, 1.165) is 55.7 Å². The minimum atomic E-state index is -0.571. The van der Waals surface area contributed by atoms with E-state index in [9.17, 15) is 13.6 Å². The number of hydrogen-bond acceptors (Lipinski definition) is 3. The molecule has 0 aliphatic carbocycles. The molecule has 3 aromatic rings. The van der Waals surface area contributed by atoms with Gasteiger partial charge in [-0.1, -0.05) is 42.5 Å². The summed E-state index contributed by atoms with van der Waals surface area (Å²) < 4.78 is 41.1. The summed E-state index contributed by atoms with van der Waals surface area (Å²) in [5, 5.41) is 0. The van der Waals surface area contributed by atoms with Crippen LogP contribution in [0.1, 0.15) is 24.8 Å². The van der Waals surface area contributed by atoms with E-state index in [-0.39, 0.29) is 24.2 Å². The maximum atomic E-state index is 14.7. The van der Waals surface area contributed by atoms with E-state index in [4.69, 9.17) is 9.47 Å². The van der Waals surface area contributed by atoms with Crippen LogP contribution in [0.25, 0.3) is 0 Å².